The molecule has 0 bridgehead atoms. The Hall–Kier alpha value is -2.29. The number of aryl methyl sites for hydroxylation is 1. The van der Waals surface area contributed by atoms with Gasteiger partial charge in [0.2, 0.25) is 21.8 Å². The third kappa shape index (κ3) is 7.61. The van der Waals surface area contributed by atoms with E-state index in [0.717, 1.165) is 28.1 Å². The molecule has 0 spiro atoms. The molecule has 0 radical (unpaired) electrons. The molecule has 7 nitrogen and oxygen atoms in total. The highest BCUT2D eigenvalue weighted by Gasteiger charge is 2.32. The molecule has 10 heteroatoms. The molecule has 0 unspecified atom stereocenters. The van der Waals surface area contributed by atoms with E-state index in [2.05, 4.69) is 5.32 Å². The Morgan fingerprint density at radius 1 is 1.09 bits per heavy atom. The normalized spacial score (nSPS) is 12.2. The quantitative estimate of drug-likeness (QED) is 0.469. The van der Waals surface area contributed by atoms with Gasteiger partial charge in [-0.1, -0.05) is 66.9 Å². The number of rotatable bonds is 11. The zero-order valence-electron chi connectivity index (χ0n) is 19.8. The summed E-state index contributed by atoms with van der Waals surface area (Å²) in [6, 6.07) is 11.2. The van der Waals surface area contributed by atoms with Crippen molar-refractivity contribution in [3.8, 4) is 0 Å². The Balaban J connectivity index is 2.47. The van der Waals surface area contributed by atoms with E-state index in [1.54, 1.807) is 0 Å². The number of anilines is 1. The Bertz CT molecular complexity index is 1120. The first-order valence-electron chi connectivity index (χ1n) is 11.0. The van der Waals surface area contributed by atoms with Gasteiger partial charge < -0.3 is 10.2 Å². The maximum absolute atomic E-state index is 13.6. The predicted molar refractivity (Wildman–Crippen MR) is 138 cm³/mol. The first kappa shape index (κ1) is 28.0. The van der Waals surface area contributed by atoms with Crippen LogP contribution in [0.3, 0.4) is 0 Å². The Labute approximate surface area is 212 Å². The van der Waals surface area contributed by atoms with Crippen LogP contribution in [0.2, 0.25) is 10.0 Å². The van der Waals surface area contributed by atoms with Gasteiger partial charge in [0.15, 0.2) is 0 Å². The zero-order valence-corrected chi connectivity index (χ0v) is 22.2. The summed E-state index contributed by atoms with van der Waals surface area (Å²) in [6.45, 7) is 5.80. The minimum atomic E-state index is -3.89. The standard InChI is InChI=1S/C24H31Cl2N3O4S/c1-5-12-27-24(31)21(6-2)28(15-18-9-7-8-17(3)13-18)23(30)16-29(34(4,32)33)22-14-19(25)10-11-20(22)26/h7-11,13-14,21H,5-6,12,15-16H2,1-4H3,(H,27,31)/t21-/m1/s1. The smallest absolute Gasteiger partial charge is 0.244 e. The molecule has 1 N–H and O–H groups in total. The van der Waals surface area contributed by atoms with Gasteiger partial charge in [0.1, 0.15) is 12.6 Å². The van der Waals surface area contributed by atoms with E-state index in [0.29, 0.717) is 13.0 Å². The third-order valence-electron chi connectivity index (χ3n) is 5.23. The van der Waals surface area contributed by atoms with Crippen LogP contribution in [0.25, 0.3) is 0 Å². The van der Waals surface area contributed by atoms with Crippen molar-refractivity contribution in [2.45, 2.75) is 46.2 Å². The van der Waals surface area contributed by atoms with Crippen molar-refractivity contribution in [3.63, 3.8) is 0 Å². The molecule has 2 aromatic carbocycles. The molecule has 0 aliphatic rings. The minimum absolute atomic E-state index is 0.101. The number of hydrogen-bond acceptors (Lipinski definition) is 4. The molecule has 2 amide bonds. The van der Waals surface area contributed by atoms with Gasteiger partial charge in [0, 0.05) is 18.1 Å². The lowest BCUT2D eigenvalue weighted by atomic mass is 10.1. The molecule has 0 aromatic heterocycles. The number of amides is 2. The average molecular weight is 529 g/mol. The van der Waals surface area contributed by atoms with Crippen LogP contribution in [-0.4, -0.2) is 50.5 Å². The van der Waals surface area contributed by atoms with Crippen molar-refractivity contribution in [2.75, 3.05) is 23.7 Å². The van der Waals surface area contributed by atoms with Gasteiger partial charge >= 0.3 is 0 Å². The maximum Gasteiger partial charge on any atom is 0.244 e. The number of benzene rings is 2. The lowest BCUT2D eigenvalue weighted by molar-refractivity contribution is -0.140. The fraction of sp³-hybridized carbons (Fsp3) is 0.417. The second kappa shape index (κ2) is 12.4. The molecule has 0 saturated heterocycles. The summed E-state index contributed by atoms with van der Waals surface area (Å²) in [5.74, 6) is -0.807. The minimum Gasteiger partial charge on any atom is -0.354 e. The molecular weight excluding hydrogens is 497 g/mol. The number of carbonyl (C=O) groups excluding carboxylic acids is 2. The fourth-order valence-corrected chi connectivity index (χ4v) is 4.85. The van der Waals surface area contributed by atoms with E-state index in [9.17, 15) is 18.0 Å². The average Bonchev–Trinajstić information content (AvgIpc) is 2.76. The number of hydrogen-bond donors (Lipinski definition) is 1. The molecule has 0 saturated carbocycles. The summed E-state index contributed by atoms with van der Waals surface area (Å²) in [5.41, 5.74) is 1.95. The van der Waals surface area contributed by atoms with Gasteiger partial charge in [-0.25, -0.2) is 8.42 Å². The van der Waals surface area contributed by atoms with E-state index in [1.165, 1.54) is 23.1 Å². The molecule has 34 heavy (non-hydrogen) atoms. The van der Waals surface area contributed by atoms with Crippen LogP contribution >= 0.6 is 23.2 Å². The molecular formula is C24H31Cl2N3O4S. The highest BCUT2D eigenvalue weighted by atomic mass is 35.5. The third-order valence-corrected chi connectivity index (χ3v) is 6.91. The summed E-state index contributed by atoms with van der Waals surface area (Å²) in [4.78, 5) is 27.9. The summed E-state index contributed by atoms with van der Waals surface area (Å²) < 4.78 is 26.2. The van der Waals surface area contributed by atoms with E-state index in [-0.39, 0.29) is 28.2 Å². The number of halogens is 2. The van der Waals surface area contributed by atoms with Crippen LogP contribution in [-0.2, 0) is 26.2 Å². The summed E-state index contributed by atoms with van der Waals surface area (Å²) >= 11 is 12.3. The van der Waals surface area contributed by atoms with Crippen molar-refractivity contribution in [2.24, 2.45) is 0 Å². The lowest BCUT2D eigenvalue weighted by Gasteiger charge is -2.33. The number of nitrogens with zero attached hydrogens (tertiary/aromatic N) is 2. The van der Waals surface area contributed by atoms with Crippen molar-refractivity contribution in [1.82, 2.24) is 10.2 Å². The van der Waals surface area contributed by atoms with Gasteiger partial charge in [-0.3, -0.25) is 13.9 Å². The van der Waals surface area contributed by atoms with E-state index < -0.39 is 28.5 Å². The molecule has 2 aromatic rings. The highest BCUT2D eigenvalue weighted by Crippen LogP contribution is 2.31. The first-order chi connectivity index (χ1) is 16.0. The van der Waals surface area contributed by atoms with Crippen molar-refractivity contribution in [3.05, 3.63) is 63.6 Å². The van der Waals surface area contributed by atoms with Gasteiger partial charge in [-0.05, 0) is 43.5 Å². The number of carbonyl (C=O) groups is 2. The van der Waals surface area contributed by atoms with Gasteiger partial charge in [-0.2, -0.15) is 0 Å². The first-order valence-corrected chi connectivity index (χ1v) is 13.6. The van der Waals surface area contributed by atoms with Crippen LogP contribution < -0.4 is 9.62 Å². The summed E-state index contributed by atoms with van der Waals surface area (Å²) in [6.07, 6.45) is 2.11. The van der Waals surface area contributed by atoms with Gasteiger partial charge in [0.05, 0.1) is 17.0 Å². The number of sulfonamides is 1. The van der Waals surface area contributed by atoms with E-state index in [4.69, 9.17) is 23.2 Å². The highest BCUT2D eigenvalue weighted by molar-refractivity contribution is 7.92. The maximum atomic E-state index is 13.6. The molecule has 2 rings (SSSR count). The van der Waals surface area contributed by atoms with Crippen LogP contribution in [0, 0.1) is 6.92 Å². The van der Waals surface area contributed by atoms with Crippen molar-refractivity contribution < 1.29 is 18.0 Å². The van der Waals surface area contributed by atoms with Crippen molar-refractivity contribution in [1.29, 1.82) is 0 Å². The van der Waals surface area contributed by atoms with Crippen LogP contribution in [0.1, 0.15) is 37.8 Å². The summed E-state index contributed by atoms with van der Waals surface area (Å²) in [7, 11) is -3.89. The second-order valence-electron chi connectivity index (χ2n) is 8.09. The molecule has 0 heterocycles. The monoisotopic (exact) mass is 527 g/mol. The fourth-order valence-electron chi connectivity index (χ4n) is 3.56. The summed E-state index contributed by atoms with van der Waals surface area (Å²) in [5, 5.41) is 3.26. The van der Waals surface area contributed by atoms with Gasteiger partial charge in [0.25, 0.3) is 0 Å². The van der Waals surface area contributed by atoms with Crippen LogP contribution in [0.4, 0.5) is 5.69 Å². The largest absolute Gasteiger partial charge is 0.354 e. The molecule has 0 aliphatic heterocycles. The SMILES string of the molecule is CCCNC(=O)[C@@H](CC)N(Cc1cccc(C)c1)C(=O)CN(c1cc(Cl)ccc1Cl)S(C)(=O)=O. The van der Waals surface area contributed by atoms with E-state index >= 15 is 0 Å². The molecule has 186 valence electrons. The van der Waals surface area contributed by atoms with Crippen LogP contribution in [0.5, 0.6) is 0 Å². The molecule has 0 fully saturated rings. The van der Waals surface area contributed by atoms with Crippen LogP contribution in [0.15, 0.2) is 42.5 Å². The van der Waals surface area contributed by atoms with E-state index in [1.807, 2.05) is 45.0 Å². The topological polar surface area (TPSA) is 86.8 Å². The second-order valence-corrected chi connectivity index (χ2v) is 10.8. The number of nitrogens with one attached hydrogen (secondary N) is 1. The lowest BCUT2D eigenvalue weighted by Crippen LogP contribution is -2.52. The molecule has 0 aliphatic carbocycles. The Morgan fingerprint density at radius 3 is 2.38 bits per heavy atom. The van der Waals surface area contributed by atoms with Gasteiger partial charge in [-0.15, -0.1) is 0 Å². The molecule has 1 atom stereocenters. The van der Waals surface area contributed by atoms with Crippen molar-refractivity contribution >= 4 is 50.7 Å². The Kier molecular flexibility index (Phi) is 10.2. The Morgan fingerprint density at radius 2 is 1.79 bits per heavy atom. The predicted octanol–water partition coefficient (Wildman–Crippen LogP) is 4.40. The zero-order chi connectivity index (χ0) is 25.5.